The van der Waals surface area contributed by atoms with Gasteiger partial charge in [-0.15, -0.1) is 0 Å². The van der Waals surface area contributed by atoms with Crippen LogP contribution in [0, 0.1) is 13.8 Å². The van der Waals surface area contributed by atoms with Gasteiger partial charge in [0.15, 0.2) is 0 Å². The van der Waals surface area contributed by atoms with E-state index in [9.17, 15) is 4.79 Å². The van der Waals surface area contributed by atoms with Crippen molar-refractivity contribution in [2.45, 2.75) is 33.6 Å². The second kappa shape index (κ2) is 6.44. The molecule has 0 saturated heterocycles. The normalized spacial score (nSPS) is 10.4. The molecule has 0 aromatic heterocycles. The van der Waals surface area contributed by atoms with Gasteiger partial charge in [0.05, 0.1) is 6.61 Å². The summed E-state index contributed by atoms with van der Waals surface area (Å²) in [4.78, 5) is 11.7. The zero-order valence-electron chi connectivity index (χ0n) is 10.4. The molecule has 0 spiro atoms. The van der Waals surface area contributed by atoms with E-state index in [-0.39, 0.29) is 5.78 Å². The van der Waals surface area contributed by atoms with Gasteiger partial charge < -0.3 is 4.74 Å². The molecule has 1 rings (SSSR count). The van der Waals surface area contributed by atoms with Crippen LogP contribution in [0.15, 0.2) is 18.2 Å². The molecule has 0 atom stereocenters. The van der Waals surface area contributed by atoms with Crippen LogP contribution in [0.2, 0.25) is 0 Å². The van der Waals surface area contributed by atoms with Crippen LogP contribution in [0.4, 0.5) is 0 Å². The zero-order valence-corrected chi connectivity index (χ0v) is 10.4. The molecule has 0 heterocycles. The minimum absolute atomic E-state index is 0.252. The molecule has 0 fully saturated rings. The van der Waals surface area contributed by atoms with E-state index in [0.717, 1.165) is 5.56 Å². The SMILES string of the molecule is CCOCCC(=O)Cc1cc(C)ccc1C. The van der Waals surface area contributed by atoms with Crippen LogP contribution in [-0.4, -0.2) is 19.0 Å². The largest absolute Gasteiger partial charge is 0.381 e. The summed E-state index contributed by atoms with van der Waals surface area (Å²) >= 11 is 0. The lowest BCUT2D eigenvalue weighted by atomic mass is 10.00. The van der Waals surface area contributed by atoms with Crippen molar-refractivity contribution in [3.05, 3.63) is 34.9 Å². The number of ketones is 1. The van der Waals surface area contributed by atoms with Crippen molar-refractivity contribution in [3.8, 4) is 0 Å². The highest BCUT2D eigenvalue weighted by Gasteiger charge is 2.06. The maximum absolute atomic E-state index is 11.7. The van der Waals surface area contributed by atoms with Crippen molar-refractivity contribution in [2.24, 2.45) is 0 Å². The van der Waals surface area contributed by atoms with E-state index in [1.54, 1.807) is 0 Å². The van der Waals surface area contributed by atoms with Crippen LogP contribution < -0.4 is 0 Å². The molecule has 1 aromatic carbocycles. The zero-order chi connectivity index (χ0) is 12.0. The minimum atomic E-state index is 0.252. The summed E-state index contributed by atoms with van der Waals surface area (Å²) in [6.07, 6.45) is 1.04. The number of hydrogen-bond donors (Lipinski definition) is 0. The molecule has 0 aliphatic carbocycles. The van der Waals surface area contributed by atoms with Gasteiger partial charge in [0.25, 0.3) is 0 Å². The van der Waals surface area contributed by atoms with E-state index in [1.165, 1.54) is 11.1 Å². The number of benzene rings is 1. The van der Waals surface area contributed by atoms with Crippen molar-refractivity contribution < 1.29 is 9.53 Å². The van der Waals surface area contributed by atoms with Gasteiger partial charge >= 0.3 is 0 Å². The third-order valence-electron chi connectivity index (χ3n) is 2.62. The van der Waals surface area contributed by atoms with Crippen LogP contribution in [-0.2, 0) is 16.0 Å². The Labute approximate surface area is 97.6 Å². The highest BCUT2D eigenvalue weighted by atomic mass is 16.5. The standard InChI is InChI=1S/C14H20O2/c1-4-16-8-7-14(15)10-13-9-11(2)5-6-12(13)3/h5-6,9H,4,7-8,10H2,1-3H3. The van der Waals surface area contributed by atoms with Gasteiger partial charge in [0.1, 0.15) is 5.78 Å². The smallest absolute Gasteiger partial charge is 0.139 e. The Hall–Kier alpha value is -1.15. The molecule has 0 N–H and O–H groups in total. The third-order valence-corrected chi connectivity index (χ3v) is 2.62. The molecule has 0 amide bonds. The first kappa shape index (κ1) is 12.9. The number of carbonyl (C=O) groups excluding carboxylic acids is 1. The number of hydrogen-bond acceptors (Lipinski definition) is 2. The topological polar surface area (TPSA) is 26.3 Å². The maximum Gasteiger partial charge on any atom is 0.139 e. The van der Waals surface area contributed by atoms with E-state index < -0.39 is 0 Å². The van der Waals surface area contributed by atoms with Crippen molar-refractivity contribution in [1.29, 1.82) is 0 Å². The summed E-state index contributed by atoms with van der Waals surface area (Å²) in [5, 5.41) is 0. The lowest BCUT2D eigenvalue weighted by Crippen LogP contribution is -2.08. The Kier molecular flexibility index (Phi) is 5.20. The number of Topliss-reactive ketones (excluding diaryl/α,β-unsaturated/α-hetero) is 1. The fourth-order valence-corrected chi connectivity index (χ4v) is 1.62. The number of ether oxygens (including phenoxy) is 1. The fourth-order valence-electron chi connectivity index (χ4n) is 1.62. The quantitative estimate of drug-likeness (QED) is 0.689. The Morgan fingerprint density at radius 3 is 2.75 bits per heavy atom. The molecular formula is C14H20O2. The molecule has 0 saturated carbocycles. The minimum Gasteiger partial charge on any atom is -0.381 e. The first-order valence-corrected chi connectivity index (χ1v) is 5.79. The summed E-state index contributed by atoms with van der Waals surface area (Å²) in [6, 6.07) is 6.23. The van der Waals surface area contributed by atoms with Crippen molar-refractivity contribution in [1.82, 2.24) is 0 Å². The van der Waals surface area contributed by atoms with Gasteiger partial charge in [-0.05, 0) is 31.9 Å². The highest BCUT2D eigenvalue weighted by Crippen LogP contribution is 2.12. The molecular weight excluding hydrogens is 200 g/mol. The second-order valence-corrected chi connectivity index (χ2v) is 4.09. The highest BCUT2D eigenvalue weighted by molar-refractivity contribution is 5.81. The number of aryl methyl sites for hydroxylation is 2. The average Bonchev–Trinajstić information content (AvgIpc) is 2.24. The summed E-state index contributed by atoms with van der Waals surface area (Å²) in [5.74, 6) is 0.252. The van der Waals surface area contributed by atoms with Crippen LogP contribution >= 0.6 is 0 Å². The number of carbonyl (C=O) groups is 1. The van der Waals surface area contributed by atoms with E-state index in [0.29, 0.717) is 26.1 Å². The van der Waals surface area contributed by atoms with Crippen molar-refractivity contribution >= 4 is 5.78 Å². The van der Waals surface area contributed by atoms with Crippen molar-refractivity contribution in [3.63, 3.8) is 0 Å². The van der Waals surface area contributed by atoms with Gasteiger partial charge in [0.2, 0.25) is 0 Å². The van der Waals surface area contributed by atoms with Gasteiger partial charge in [0, 0.05) is 19.4 Å². The van der Waals surface area contributed by atoms with E-state index >= 15 is 0 Å². The maximum atomic E-state index is 11.7. The second-order valence-electron chi connectivity index (χ2n) is 4.09. The average molecular weight is 220 g/mol. The Balaban J connectivity index is 2.52. The third kappa shape index (κ3) is 4.15. The molecule has 0 radical (unpaired) electrons. The van der Waals surface area contributed by atoms with Crippen LogP contribution in [0.3, 0.4) is 0 Å². The van der Waals surface area contributed by atoms with Gasteiger partial charge in [-0.25, -0.2) is 0 Å². The molecule has 2 nitrogen and oxygen atoms in total. The van der Waals surface area contributed by atoms with Crippen molar-refractivity contribution in [2.75, 3.05) is 13.2 Å². The van der Waals surface area contributed by atoms with E-state index in [1.807, 2.05) is 20.8 Å². The number of rotatable bonds is 6. The Bertz CT molecular complexity index is 356. The van der Waals surface area contributed by atoms with Crippen LogP contribution in [0.25, 0.3) is 0 Å². The lowest BCUT2D eigenvalue weighted by Gasteiger charge is -2.06. The molecule has 16 heavy (non-hydrogen) atoms. The molecule has 0 bridgehead atoms. The monoisotopic (exact) mass is 220 g/mol. The molecule has 0 aliphatic heterocycles. The van der Waals surface area contributed by atoms with Gasteiger partial charge in [-0.3, -0.25) is 4.79 Å². The molecule has 0 aliphatic rings. The first-order valence-electron chi connectivity index (χ1n) is 5.79. The first-order chi connectivity index (χ1) is 7.63. The summed E-state index contributed by atoms with van der Waals surface area (Å²) in [5.41, 5.74) is 3.54. The van der Waals surface area contributed by atoms with Crippen LogP contribution in [0.5, 0.6) is 0 Å². The molecule has 88 valence electrons. The van der Waals surface area contributed by atoms with Gasteiger partial charge in [-0.2, -0.15) is 0 Å². The Morgan fingerprint density at radius 1 is 1.31 bits per heavy atom. The van der Waals surface area contributed by atoms with Gasteiger partial charge in [-0.1, -0.05) is 23.8 Å². The van der Waals surface area contributed by atoms with E-state index in [2.05, 4.69) is 18.2 Å². The predicted octanol–water partition coefficient (Wildman–Crippen LogP) is 2.84. The lowest BCUT2D eigenvalue weighted by molar-refractivity contribution is -0.119. The Morgan fingerprint density at radius 2 is 2.06 bits per heavy atom. The molecule has 2 heteroatoms. The van der Waals surface area contributed by atoms with Crippen LogP contribution in [0.1, 0.15) is 30.0 Å². The summed E-state index contributed by atoms with van der Waals surface area (Å²) in [6.45, 7) is 7.25. The van der Waals surface area contributed by atoms with E-state index in [4.69, 9.17) is 4.74 Å². The molecule has 0 unspecified atom stereocenters. The predicted molar refractivity (Wildman–Crippen MR) is 65.7 cm³/mol. The summed E-state index contributed by atoms with van der Waals surface area (Å²) in [7, 11) is 0. The molecule has 1 aromatic rings. The summed E-state index contributed by atoms with van der Waals surface area (Å²) < 4.78 is 5.17. The fraction of sp³-hybridized carbons (Fsp3) is 0.500.